The average molecular weight is 251 g/mol. The molecule has 102 valence electrons. The summed E-state index contributed by atoms with van der Waals surface area (Å²) in [4.78, 5) is 0. The first-order valence-corrected chi connectivity index (χ1v) is 6.27. The molecule has 3 heteroatoms. The molecule has 0 aliphatic heterocycles. The summed E-state index contributed by atoms with van der Waals surface area (Å²) in [7, 11) is 3.38. The number of rotatable bonds is 4. The molecule has 0 saturated carbocycles. The molecular weight excluding hydrogens is 226 g/mol. The van der Waals surface area contributed by atoms with Gasteiger partial charge in [-0.15, -0.1) is 0 Å². The third kappa shape index (κ3) is 3.03. The fraction of sp³-hybridized carbons (Fsp3) is 0.600. The van der Waals surface area contributed by atoms with E-state index in [9.17, 15) is 0 Å². The van der Waals surface area contributed by atoms with Crippen LogP contribution in [-0.4, -0.2) is 20.8 Å². The third-order valence-electron chi connectivity index (χ3n) is 3.12. The maximum atomic E-state index is 5.77. The second-order valence-corrected chi connectivity index (χ2v) is 5.65. The summed E-state index contributed by atoms with van der Waals surface area (Å²) in [5.74, 6) is 0.894. The van der Waals surface area contributed by atoms with E-state index >= 15 is 0 Å². The fourth-order valence-electron chi connectivity index (χ4n) is 2.18. The largest absolute Gasteiger partial charge is 0.496 e. The topological polar surface area (TPSA) is 44.5 Å². The van der Waals surface area contributed by atoms with Crippen LogP contribution in [0.2, 0.25) is 0 Å². The van der Waals surface area contributed by atoms with Gasteiger partial charge in [0, 0.05) is 24.8 Å². The zero-order valence-electron chi connectivity index (χ0n) is 12.3. The molecule has 1 atom stereocenters. The predicted octanol–water partition coefficient (Wildman–Crippen LogP) is 2.95. The van der Waals surface area contributed by atoms with E-state index in [1.807, 2.05) is 0 Å². The van der Waals surface area contributed by atoms with Crippen molar-refractivity contribution in [3.8, 4) is 5.75 Å². The van der Waals surface area contributed by atoms with Crippen LogP contribution in [0.25, 0.3) is 0 Å². The molecule has 0 aliphatic rings. The summed E-state index contributed by atoms with van der Waals surface area (Å²) in [6.07, 6.45) is -0.124. The van der Waals surface area contributed by atoms with Gasteiger partial charge in [0.15, 0.2) is 0 Å². The lowest BCUT2D eigenvalue weighted by Crippen LogP contribution is -2.19. The van der Waals surface area contributed by atoms with E-state index in [1.54, 1.807) is 14.2 Å². The smallest absolute Gasteiger partial charge is 0.128 e. The Kier molecular flexibility index (Phi) is 4.77. The summed E-state index contributed by atoms with van der Waals surface area (Å²) < 4.78 is 11.1. The Morgan fingerprint density at radius 2 is 1.83 bits per heavy atom. The first kappa shape index (κ1) is 15.0. The van der Waals surface area contributed by atoms with Crippen LogP contribution in [0.1, 0.15) is 43.6 Å². The molecule has 1 unspecified atom stereocenters. The molecule has 0 aromatic heterocycles. The quantitative estimate of drug-likeness (QED) is 0.894. The van der Waals surface area contributed by atoms with Crippen LogP contribution in [0.3, 0.4) is 0 Å². The first-order valence-electron chi connectivity index (χ1n) is 6.27. The lowest BCUT2D eigenvalue weighted by atomic mass is 9.83. The summed E-state index contributed by atoms with van der Waals surface area (Å²) in [6.45, 7) is 9.07. The molecule has 1 rings (SSSR count). The molecule has 3 nitrogen and oxygen atoms in total. The fourth-order valence-corrected chi connectivity index (χ4v) is 2.18. The molecule has 0 saturated heterocycles. The van der Waals surface area contributed by atoms with Crippen molar-refractivity contribution in [2.75, 3.05) is 20.8 Å². The van der Waals surface area contributed by atoms with Crippen molar-refractivity contribution in [1.82, 2.24) is 0 Å². The summed E-state index contributed by atoms with van der Waals surface area (Å²) in [6, 6.07) is 4.26. The van der Waals surface area contributed by atoms with Crippen LogP contribution in [0.5, 0.6) is 5.75 Å². The van der Waals surface area contributed by atoms with Crippen LogP contribution in [0.4, 0.5) is 0 Å². The van der Waals surface area contributed by atoms with Crippen molar-refractivity contribution in [2.45, 2.75) is 39.2 Å². The molecule has 0 spiro atoms. The number of methoxy groups -OCH3 is 2. The Bertz CT molecular complexity index is 404. The van der Waals surface area contributed by atoms with Gasteiger partial charge < -0.3 is 15.2 Å². The molecule has 1 aromatic carbocycles. The van der Waals surface area contributed by atoms with E-state index in [4.69, 9.17) is 15.2 Å². The molecular formula is C15H25NO2. The summed E-state index contributed by atoms with van der Waals surface area (Å²) >= 11 is 0. The van der Waals surface area contributed by atoms with Crippen molar-refractivity contribution < 1.29 is 9.47 Å². The van der Waals surface area contributed by atoms with Gasteiger partial charge >= 0.3 is 0 Å². The normalized spacial score (nSPS) is 13.5. The highest BCUT2D eigenvalue weighted by Gasteiger charge is 2.24. The minimum absolute atomic E-state index is 0.0268. The van der Waals surface area contributed by atoms with Gasteiger partial charge in [0.2, 0.25) is 0 Å². The molecule has 0 bridgehead atoms. The Morgan fingerprint density at radius 3 is 2.22 bits per heavy atom. The van der Waals surface area contributed by atoms with E-state index in [-0.39, 0.29) is 11.5 Å². The number of ether oxygens (including phenoxy) is 2. The van der Waals surface area contributed by atoms with E-state index < -0.39 is 0 Å². The van der Waals surface area contributed by atoms with Crippen molar-refractivity contribution in [1.29, 1.82) is 0 Å². The Balaban J connectivity index is 3.47. The Hall–Kier alpha value is -1.06. The van der Waals surface area contributed by atoms with E-state index in [0.29, 0.717) is 6.54 Å². The minimum Gasteiger partial charge on any atom is -0.496 e. The first-order chi connectivity index (χ1) is 8.35. The van der Waals surface area contributed by atoms with Crippen LogP contribution in [-0.2, 0) is 10.2 Å². The lowest BCUT2D eigenvalue weighted by Gasteiger charge is -2.27. The second kappa shape index (κ2) is 5.72. The van der Waals surface area contributed by atoms with Gasteiger partial charge in [0.1, 0.15) is 5.75 Å². The molecule has 2 N–H and O–H groups in total. The lowest BCUT2D eigenvalue weighted by molar-refractivity contribution is 0.107. The van der Waals surface area contributed by atoms with Gasteiger partial charge in [-0.25, -0.2) is 0 Å². The second-order valence-electron chi connectivity index (χ2n) is 5.65. The average Bonchev–Trinajstić information content (AvgIpc) is 2.29. The number of aryl methyl sites for hydroxylation is 1. The van der Waals surface area contributed by atoms with Crippen molar-refractivity contribution in [2.24, 2.45) is 5.73 Å². The Labute approximate surface area is 110 Å². The number of benzene rings is 1. The minimum atomic E-state index is -0.124. The van der Waals surface area contributed by atoms with Crippen LogP contribution in [0, 0.1) is 6.92 Å². The van der Waals surface area contributed by atoms with Gasteiger partial charge in [-0.1, -0.05) is 32.4 Å². The van der Waals surface area contributed by atoms with Gasteiger partial charge in [0.05, 0.1) is 13.2 Å². The third-order valence-corrected chi connectivity index (χ3v) is 3.12. The van der Waals surface area contributed by atoms with Crippen LogP contribution < -0.4 is 10.5 Å². The zero-order valence-corrected chi connectivity index (χ0v) is 12.3. The van der Waals surface area contributed by atoms with E-state index in [2.05, 4.69) is 39.8 Å². The van der Waals surface area contributed by atoms with E-state index in [1.165, 1.54) is 11.1 Å². The Morgan fingerprint density at radius 1 is 1.22 bits per heavy atom. The summed E-state index contributed by atoms with van der Waals surface area (Å²) in [5, 5.41) is 0. The van der Waals surface area contributed by atoms with Crippen LogP contribution in [0.15, 0.2) is 12.1 Å². The SMILES string of the molecule is COc1c(C(CN)OC)cc(C)cc1C(C)(C)C. The molecule has 0 aliphatic carbocycles. The van der Waals surface area contributed by atoms with Gasteiger partial charge in [-0.2, -0.15) is 0 Å². The predicted molar refractivity (Wildman–Crippen MR) is 75.2 cm³/mol. The molecule has 0 amide bonds. The van der Waals surface area contributed by atoms with Crippen molar-refractivity contribution >= 4 is 0 Å². The van der Waals surface area contributed by atoms with Crippen molar-refractivity contribution in [3.05, 3.63) is 28.8 Å². The molecule has 1 aromatic rings. The van der Waals surface area contributed by atoms with Gasteiger partial charge in [0.25, 0.3) is 0 Å². The number of nitrogens with two attached hydrogens (primary N) is 1. The maximum absolute atomic E-state index is 5.77. The van der Waals surface area contributed by atoms with E-state index in [0.717, 1.165) is 11.3 Å². The highest BCUT2D eigenvalue weighted by molar-refractivity contribution is 5.49. The number of hydrogen-bond donors (Lipinski definition) is 1. The van der Waals surface area contributed by atoms with Gasteiger partial charge in [-0.05, 0) is 18.4 Å². The monoisotopic (exact) mass is 251 g/mol. The zero-order chi connectivity index (χ0) is 13.9. The van der Waals surface area contributed by atoms with Gasteiger partial charge in [-0.3, -0.25) is 0 Å². The molecule has 0 heterocycles. The standard InChI is InChI=1S/C15H25NO2/c1-10-7-11(13(9-16)17-5)14(18-6)12(8-10)15(2,3)4/h7-8,13H,9,16H2,1-6H3. The summed E-state index contributed by atoms with van der Waals surface area (Å²) in [5.41, 5.74) is 9.22. The maximum Gasteiger partial charge on any atom is 0.128 e. The van der Waals surface area contributed by atoms with Crippen molar-refractivity contribution in [3.63, 3.8) is 0 Å². The van der Waals surface area contributed by atoms with Crippen LogP contribution >= 0.6 is 0 Å². The molecule has 18 heavy (non-hydrogen) atoms. The molecule has 0 fully saturated rings. The highest BCUT2D eigenvalue weighted by Crippen LogP contribution is 2.38. The molecule has 0 radical (unpaired) electrons. The highest BCUT2D eigenvalue weighted by atomic mass is 16.5. The number of hydrogen-bond acceptors (Lipinski definition) is 3.